The number of rotatable bonds is 1. The highest BCUT2D eigenvalue weighted by Gasteiger charge is 2.09. The maximum atomic E-state index is 5.78. The molecular weight excluding hydrogens is 253 g/mol. The van der Waals surface area contributed by atoms with Crippen LogP contribution in [0.15, 0.2) is 34.5 Å². The van der Waals surface area contributed by atoms with E-state index in [1.807, 2.05) is 24.3 Å². The van der Waals surface area contributed by atoms with Crippen molar-refractivity contribution in [2.75, 3.05) is 5.75 Å². The summed E-state index contributed by atoms with van der Waals surface area (Å²) in [5.74, 6) is 0.761. The van der Waals surface area contributed by atoms with Gasteiger partial charge in [0.25, 0.3) is 0 Å². The minimum atomic E-state index is 0. The summed E-state index contributed by atoms with van der Waals surface area (Å²) in [5, 5.41) is 9.09. The maximum absolute atomic E-state index is 5.78. The Morgan fingerprint density at radius 1 is 1.20 bits per heavy atom. The van der Waals surface area contributed by atoms with E-state index in [1.165, 1.54) is 11.8 Å². The molecule has 0 amide bonds. The fourth-order valence-corrected chi connectivity index (χ4v) is 1.83. The molecule has 80 valence electrons. The third-order valence-electron chi connectivity index (χ3n) is 1.80. The summed E-state index contributed by atoms with van der Waals surface area (Å²) in [6.07, 6.45) is 0. The average Bonchev–Trinajstić information content (AvgIpc) is 2.21. The van der Waals surface area contributed by atoms with Crippen molar-refractivity contribution in [3.8, 4) is 0 Å². The zero-order valence-electron chi connectivity index (χ0n) is 7.68. The van der Waals surface area contributed by atoms with Gasteiger partial charge in [0.15, 0.2) is 5.17 Å². The van der Waals surface area contributed by atoms with Crippen molar-refractivity contribution < 1.29 is 0 Å². The van der Waals surface area contributed by atoms with Gasteiger partial charge in [-0.2, -0.15) is 5.10 Å². The van der Waals surface area contributed by atoms with Crippen molar-refractivity contribution in [3.05, 3.63) is 34.9 Å². The first kappa shape index (κ1) is 12.4. The fraction of sp³-hybridized carbons (Fsp3) is 0.111. The number of hydrogen-bond acceptors (Lipinski definition) is 4. The molecule has 0 aromatic heterocycles. The highest BCUT2D eigenvalue weighted by Crippen LogP contribution is 2.15. The van der Waals surface area contributed by atoms with Gasteiger partial charge in [0.05, 0.1) is 5.71 Å². The second-order valence-corrected chi connectivity index (χ2v) is 4.21. The molecule has 1 aromatic rings. The molecule has 1 aliphatic rings. The Morgan fingerprint density at radius 3 is 2.40 bits per heavy atom. The molecule has 15 heavy (non-hydrogen) atoms. The third-order valence-corrected chi connectivity index (χ3v) is 2.85. The molecule has 0 aliphatic carbocycles. The lowest BCUT2D eigenvalue weighted by Crippen LogP contribution is -2.16. The largest absolute Gasteiger partial charge is 0.377 e. The lowest BCUT2D eigenvalue weighted by Gasteiger charge is -2.08. The highest BCUT2D eigenvalue weighted by atomic mass is 35.5. The Kier molecular flexibility index (Phi) is 4.45. The van der Waals surface area contributed by atoms with Gasteiger partial charge in [-0.15, -0.1) is 17.5 Å². The number of hydrogen-bond donors (Lipinski definition) is 1. The van der Waals surface area contributed by atoms with Crippen LogP contribution in [0.2, 0.25) is 5.02 Å². The summed E-state index contributed by atoms with van der Waals surface area (Å²) in [4.78, 5) is 0. The molecule has 3 nitrogen and oxygen atoms in total. The van der Waals surface area contributed by atoms with Crippen molar-refractivity contribution >= 4 is 46.6 Å². The summed E-state index contributed by atoms with van der Waals surface area (Å²) in [6, 6.07) is 7.54. The average molecular weight is 262 g/mol. The van der Waals surface area contributed by atoms with Crippen molar-refractivity contribution in [1.29, 1.82) is 0 Å². The van der Waals surface area contributed by atoms with Gasteiger partial charge in [-0.3, -0.25) is 0 Å². The Labute approximate surface area is 103 Å². The molecule has 0 spiro atoms. The Bertz CT molecular complexity index is 400. The van der Waals surface area contributed by atoms with Gasteiger partial charge < -0.3 is 5.73 Å². The second-order valence-electron chi connectivity index (χ2n) is 2.78. The van der Waals surface area contributed by atoms with Crippen molar-refractivity contribution in [2.45, 2.75) is 0 Å². The van der Waals surface area contributed by atoms with Gasteiger partial charge >= 0.3 is 0 Å². The molecule has 0 saturated carbocycles. The molecule has 1 aliphatic heterocycles. The minimum absolute atomic E-state index is 0. The summed E-state index contributed by atoms with van der Waals surface area (Å²) < 4.78 is 0. The molecule has 6 heteroatoms. The predicted molar refractivity (Wildman–Crippen MR) is 69.3 cm³/mol. The smallest absolute Gasteiger partial charge is 0.180 e. The first-order valence-corrected chi connectivity index (χ1v) is 5.41. The number of nitrogens with zero attached hydrogens (tertiary/aromatic N) is 2. The van der Waals surface area contributed by atoms with Crippen LogP contribution in [0, 0.1) is 0 Å². The molecule has 0 fully saturated rings. The van der Waals surface area contributed by atoms with Crippen LogP contribution in [0.25, 0.3) is 0 Å². The van der Waals surface area contributed by atoms with Crippen LogP contribution in [0.3, 0.4) is 0 Å². The Balaban J connectivity index is 0.00000112. The van der Waals surface area contributed by atoms with Crippen LogP contribution < -0.4 is 5.73 Å². The van der Waals surface area contributed by atoms with Gasteiger partial charge in [-0.05, 0) is 17.7 Å². The zero-order valence-corrected chi connectivity index (χ0v) is 10.1. The molecule has 0 unspecified atom stereocenters. The van der Waals surface area contributed by atoms with E-state index in [1.54, 1.807) is 0 Å². The van der Waals surface area contributed by atoms with Gasteiger partial charge in [-0.25, -0.2) is 0 Å². The monoisotopic (exact) mass is 261 g/mol. The summed E-state index contributed by atoms with van der Waals surface area (Å²) in [5.41, 5.74) is 7.46. The van der Waals surface area contributed by atoms with E-state index in [9.17, 15) is 0 Å². The van der Waals surface area contributed by atoms with E-state index in [2.05, 4.69) is 10.2 Å². The molecule has 2 rings (SSSR count). The number of nitrogens with two attached hydrogens (primary N) is 1. The van der Waals surface area contributed by atoms with Gasteiger partial charge in [0.1, 0.15) is 0 Å². The van der Waals surface area contributed by atoms with E-state index < -0.39 is 0 Å². The van der Waals surface area contributed by atoms with Crippen LogP contribution in [0.5, 0.6) is 0 Å². The van der Waals surface area contributed by atoms with Crippen LogP contribution in [0.4, 0.5) is 0 Å². The van der Waals surface area contributed by atoms with Crippen LogP contribution >= 0.6 is 35.8 Å². The van der Waals surface area contributed by atoms with Gasteiger partial charge in [0.2, 0.25) is 0 Å². The topological polar surface area (TPSA) is 50.7 Å². The van der Waals surface area contributed by atoms with Gasteiger partial charge in [0, 0.05) is 10.8 Å². The lowest BCUT2D eigenvalue weighted by molar-refractivity contribution is 1.22. The maximum Gasteiger partial charge on any atom is 0.180 e. The SMILES string of the molecule is Cl.NC1=NN=C(c2ccc(Cl)cc2)CS1. The molecule has 1 aromatic carbocycles. The van der Waals surface area contributed by atoms with Crippen molar-refractivity contribution in [2.24, 2.45) is 15.9 Å². The molecular formula is C9H9Cl2N3S. The summed E-state index contributed by atoms with van der Waals surface area (Å²) in [7, 11) is 0. The van der Waals surface area contributed by atoms with E-state index in [0.717, 1.165) is 22.1 Å². The zero-order chi connectivity index (χ0) is 9.97. The molecule has 2 N–H and O–H groups in total. The van der Waals surface area contributed by atoms with Crippen LogP contribution in [-0.2, 0) is 0 Å². The van der Waals surface area contributed by atoms with Crippen molar-refractivity contribution in [1.82, 2.24) is 0 Å². The molecule has 0 bridgehead atoms. The minimum Gasteiger partial charge on any atom is -0.377 e. The van der Waals surface area contributed by atoms with Crippen LogP contribution in [-0.4, -0.2) is 16.6 Å². The Morgan fingerprint density at radius 2 is 1.87 bits per heavy atom. The number of benzene rings is 1. The van der Waals surface area contributed by atoms with E-state index in [4.69, 9.17) is 17.3 Å². The lowest BCUT2D eigenvalue weighted by atomic mass is 10.1. The van der Waals surface area contributed by atoms with Gasteiger partial charge in [-0.1, -0.05) is 35.5 Å². The van der Waals surface area contributed by atoms with Crippen molar-refractivity contribution in [3.63, 3.8) is 0 Å². The summed E-state index contributed by atoms with van der Waals surface area (Å²) in [6.45, 7) is 0. The number of thioether (sulfide) groups is 1. The van der Waals surface area contributed by atoms with E-state index in [-0.39, 0.29) is 12.4 Å². The quantitative estimate of drug-likeness (QED) is 0.845. The summed E-state index contributed by atoms with van der Waals surface area (Å²) >= 11 is 7.27. The molecule has 0 radical (unpaired) electrons. The van der Waals surface area contributed by atoms with E-state index >= 15 is 0 Å². The first-order valence-electron chi connectivity index (χ1n) is 4.04. The second kappa shape index (κ2) is 5.39. The highest BCUT2D eigenvalue weighted by molar-refractivity contribution is 8.14. The number of halogens is 2. The standard InChI is InChI=1S/C9H8ClN3S.ClH/c10-7-3-1-6(2-4-7)8-5-14-9(11)13-12-8;/h1-4H,5H2,(H2,11,13);1H. The normalized spacial score (nSPS) is 15.0. The Hall–Kier alpha value is -0.710. The van der Waals surface area contributed by atoms with E-state index in [0.29, 0.717) is 5.17 Å². The third kappa shape index (κ3) is 3.12. The predicted octanol–water partition coefficient (Wildman–Crippen LogP) is 2.53. The molecule has 0 atom stereocenters. The number of amidine groups is 1. The van der Waals surface area contributed by atoms with Crippen LogP contribution in [0.1, 0.15) is 5.56 Å². The molecule has 0 saturated heterocycles. The molecule has 1 heterocycles. The first-order chi connectivity index (χ1) is 6.75. The fourth-order valence-electron chi connectivity index (χ4n) is 1.09.